The highest BCUT2D eigenvalue weighted by Gasteiger charge is 2.21. The Morgan fingerprint density at radius 2 is 1.90 bits per heavy atom. The molecule has 0 radical (unpaired) electrons. The van der Waals surface area contributed by atoms with Crippen molar-refractivity contribution in [3.8, 4) is 11.5 Å². The lowest BCUT2D eigenvalue weighted by Crippen LogP contribution is -2.37. The number of anilines is 1. The number of esters is 1. The molecule has 0 heterocycles. The van der Waals surface area contributed by atoms with Crippen molar-refractivity contribution in [1.29, 1.82) is 0 Å². The molecule has 0 aliphatic rings. The average Bonchev–Trinajstić information content (AvgIpc) is 2.72. The van der Waals surface area contributed by atoms with Gasteiger partial charge in [0.05, 0.1) is 18.7 Å². The number of methoxy groups -OCH3 is 1. The molecular weight excluding hydrogens is 394 g/mol. The first-order chi connectivity index (χ1) is 13.9. The lowest BCUT2D eigenvalue weighted by Gasteiger charge is -2.21. The molecule has 1 amide bonds. The number of para-hydroxylation sites is 1. The van der Waals surface area contributed by atoms with Crippen LogP contribution in [-0.2, 0) is 14.3 Å². The fourth-order valence-corrected chi connectivity index (χ4v) is 2.92. The smallest absolute Gasteiger partial charge is 0.331 e. The van der Waals surface area contributed by atoms with Crippen LogP contribution in [0, 0.1) is 0 Å². The van der Waals surface area contributed by atoms with Crippen molar-refractivity contribution in [2.24, 2.45) is 0 Å². The predicted molar refractivity (Wildman–Crippen MR) is 114 cm³/mol. The van der Waals surface area contributed by atoms with Crippen molar-refractivity contribution < 1.29 is 23.8 Å². The van der Waals surface area contributed by atoms with Crippen LogP contribution < -0.4 is 14.4 Å². The summed E-state index contributed by atoms with van der Waals surface area (Å²) >= 11 is 6.20. The molecule has 2 rings (SSSR count). The van der Waals surface area contributed by atoms with E-state index in [1.807, 2.05) is 25.1 Å². The monoisotopic (exact) mass is 417 g/mol. The largest absolute Gasteiger partial charge is 0.491 e. The average molecular weight is 418 g/mol. The van der Waals surface area contributed by atoms with Gasteiger partial charge in [0.15, 0.2) is 17.6 Å². The second kappa shape index (κ2) is 10.5. The molecule has 0 unspecified atom stereocenters. The van der Waals surface area contributed by atoms with Crippen molar-refractivity contribution in [2.75, 3.05) is 25.7 Å². The van der Waals surface area contributed by atoms with Crippen LogP contribution in [-0.4, -0.2) is 38.7 Å². The number of benzene rings is 2. The number of carbonyl (C=O) groups excluding carboxylic acids is 2. The van der Waals surface area contributed by atoms with Crippen LogP contribution >= 0.6 is 11.6 Å². The van der Waals surface area contributed by atoms with Crippen molar-refractivity contribution in [3.05, 3.63) is 59.1 Å². The number of ether oxygens (including phenoxy) is 3. The van der Waals surface area contributed by atoms with Gasteiger partial charge in [-0.15, -0.1) is 0 Å². The molecule has 154 valence electrons. The molecule has 0 N–H and O–H groups in total. The summed E-state index contributed by atoms with van der Waals surface area (Å²) in [5.41, 5.74) is 1.35. The third-order valence-electron chi connectivity index (χ3n) is 4.06. The first kappa shape index (κ1) is 22.3. The Bertz CT molecular complexity index is 882. The van der Waals surface area contributed by atoms with Gasteiger partial charge in [0.25, 0.3) is 5.91 Å². The molecule has 2 aromatic carbocycles. The summed E-state index contributed by atoms with van der Waals surface area (Å²) in [5.74, 6) is -0.0683. The van der Waals surface area contributed by atoms with E-state index >= 15 is 0 Å². The Morgan fingerprint density at radius 1 is 1.21 bits per heavy atom. The number of carbonyl (C=O) groups is 2. The third-order valence-corrected chi connectivity index (χ3v) is 4.34. The topological polar surface area (TPSA) is 65.1 Å². The summed E-state index contributed by atoms with van der Waals surface area (Å²) in [4.78, 5) is 26.0. The first-order valence-electron chi connectivity index (χ1n) is 9.09. The number of halogens is 1. The maximum Gasteiger partial charge on any atom is 0.331 e. The van der Waals surface area contributed by atoms with Crippen LogP contribution in [0.4, 0.5) is 5.69 Å². The highest BCUT2D eigenvalue weighted by atomic mass is 35.5. The summed E-state index contributed by atoms with van der Waals surface area (Å²) in [5, 5.41) is 0.361. The van der Waals surface area contributed by atoms with Gasteiger partial charge in [-0.2, -0.15) is 0 Å². The minimum absolute atomic E-state index is 0.330. The number of hydrogen-bond donors (Lipinski definition) is 0. The molecule has 29 heavy (non-hydrogen) atoms. The van der Waals surface area contributed by atoms with Crippen molar-refractivity contribution in [3.63, 3.8) is 0 Å². The number of likely N-dealkylation sites (N-methyl/N-ethyl adjacent to an activating group) is 1. The van der Waals surface area contributed by atoms with Gasteiger partial charge in [0.1, 0.15) is 0 Å². The van der Waals surface area contributed by atoms with Gasteiger partial charge in [-0.3, -0.25) is 4.79 Å². The number of rotatable bonds is 8. The second-order valence-electron chi connectivity index (χ2n) is 6.11. The van der Waals surface area contributed by atoms with E-state index in [1.54, 1.807) is 31.3 Å². The number of hydrogen-bond acceptors (Lipinski definition) is 5. The molecular formula is C22H24ClNO5. The maximum atomic E-state index is 12.5. The zero-order valence-corrected chi connectivity index (χ0v) is 17.6. The molecule has 2 aromatic rings. The molecule has 1 atom stereocenters. The molecule has 0 saturated heterocycles. The Morgan fingerprint density at radius 3 is 2.52 bits per heavy atom. The molecule has 0 fully saturated rings. The summed E-state index contributed by atoms with van der Waals surface area (Å²) < 4.78 is 16.0. The molecule has 0 saturated carbocycles. The Kier molecular flexibility index (Phi) is 8.09. The molecule has 0 spiro atoms. The van der Waals surface area contributed by atoms with Crippen LogP contribution in [0.1, 0.15) is 19.4 Å². The van der Waals surface area contributed by atoms with E-state index in [2.05, 4.69) is 0 Å². The summed E-state index contributed by atoms with van der Waals surface area (Å²) in [6, 6.07) is 12.5. The fraction of sp³-hybridized carbons (Fsp3) is 0.273. The zero-order chi connectivity index (χ0) is 21.4. The zero-order valence-electron chi connectivity index (χ0n) is 16.8. The summed E-state index contributed by atoms with van der Waals surface area (Å²) in [7, 11) is 3.13. The highest BCUT2D eigenvalue weighted by molar-refractivity contribution is 6.32. The summed E-state index contributed by atoms with van der Waals surface area (Å²) in [6.07, 6.45) is 1.84. The standard InChI is InChI=1S/C22H24ClNO5/c1-5-28-19-14-16(13-18(23)21(19)27-4)11-12-20(25)29-15(2)22(26)24(3)17-9-7-6-8-10-17/h6-15H,5H2,1-4H3/b12-11+/t15-/m1/s1. The molecule has 0 aromatic heterocycles. The van der Waals surface area contributed by atoms with Crippen molar-refractivity contribution in [1.82, 2.24) is 0 Å². The van der Waals surface area contributed by atoms with Gasteiger partial charge in [-0.05, 0) is 49.8 Å². The highest BCUT2D eigenvalue weighted by Crippen LogP contribution is 2.36. The predicted octanol–water partition coefficient (Wildman–Crippen LogP) is 4.36. The van der Waals surface area contributed by atoms with Gasteiger partial charge in [0.2, 0.25) is 0 Å². The van der Waals surface area contributed by atoms with Gasteiger partial charge in [-0.1, -0.05) is 29.8 Å². The second-order valence-corrected chi connectivity index (χ2v) is 6.52. The van der Waals surface area contributed by atoms with Crippen LogP contribution in [0.3, 0.4) is 0 Å². The lowest BCUT2D eigenvalue weighted by atomic mass is 10.2. The van der Waals surface area contributed by atoms with E-state index in [1.165, 1.54) is 31.1 Å². The third kappa shape index (κ3) is 5.99. The minimum atomic E-state index is -0.934. The van der Waals surface area contributed by atoms with Crippen molar-refractivity contribution >= 4 is 35.2 Å². The van der Waals surface area contributed by atoms with Gasteiger partial charge in [0, 0.05) is 18.8 Å². The van der Waals surface area contributed by atoms with E-state index in [4.69, 9.17) is 25.8 Å². The minimum Gasteiger partial charge on any atom is -0.491 e. The Labute approximate surface area is 175 Å². The Hall–Kier alpha value is -2.99. The molecule has 6 nitrogen and oxygen atoms in total. The normalized spacial score (nSPS) is 11.8. The fourth-order valence-electron chi connectivity index (χ4n) is 2.62. The lowest BCUT2D eigenvalue weighted by molar-refractivity contribution is -0.148. The van der Waals surface area contributed by atoms with Gasteiger partial charge in [-0.25, -0.2) is 4.79 Å². The van der Waals surface area contributed by atoms with E-state index < -0.39 is 12.1 Å². The SMILES string of the molecule is CCOc1cc(/C=C/C(=O)O[C@H](C)C(=O)N(C)c2ccccc2)cc(Cl)c1OC. The van der Waals surface area contributed by atoms with Gasteiger partial charge < -0.3 is 19.1 Å². The molecule has 7 heteroatoms. The van der Waals surface area contributed by atoms with Gasteiger partial charge >= 0.3 is 5.97 Å². The number of amides is 1. The molecule has 0 aliphatic carbocycles. The Balaban J connectivity index is 2.04. The van der Waals surface area contributed by atoms with Crippen LogP contribution in [0.15, 0.2) is 48.5 Å². The van der Waals surface area contributed by atoms with E-state index in [0.29, 0.717) is 34.4 Å². The first-order valence-corrected chi connectivity index (χ1v) is 9.46. The maximum absolute atomic E-state index is 12.5. The quantitative estimate of drug-likeness (QED) is 0.471. The van der Waals surface area contributed by atoms with Crippen LogP contribution in [0.2, 0.25) is 5.02 Å². The van der Waals surface area contributed by atoms with Crippen LogP contribution in [0.25, 0.3) is 6.08 Å². The molecule has 0 bridgehead atoms. The van der Waals surface area contributed by atoms with E-state index in [-0.39, 0.29) is 5.91 Å². The van der Waals surface area contributed by atoms with E-state index in [9.17, 15) is 9.59 Å². The summed E-state index contributed by atoms with van der Waals surface area (Å²) in [6.45, 7) is 3.82. The van der Waals surface area contributed by atoms with E-state index in [0.717, 1.165) is 0 Å². The van der Waals surface area contributed by atoms with Crippen LogP contribution in [0.5, 0.6) is 11.5 Å². The van der Waals surface area contributed by atoms with Crippen molar-refractivity contribution in [2.45, 2.75) is 20.0 Å². The number of nitrogens with zero attached hydrogens (tertiary/aromatic N) is 1. The molecule has 0 aliphatic heterocycles.